The summed E-state index contributed by atoms with van der Waals surface area (Å²) in [6, 6.07) is 6.25. The molecule has 2 unspecified atom stereocenters. The predicted octanol–water partition coefficient (Wildman–Crippen LogP) is 2.44. The van der Waals surface area contributed by atoms with Crippen LogP contribution in [0.15, 0.2) is 18.2 Å². The monoisotopic (exact) mass is 247 g/mol. The van der Waals surface area contributed by atoms with Crippen molar-refractivity contribution in [2.75, 3.05) is 0 Å². The summed E-state index contributed by atoms with van der Waals surface area (Å²) in [6.07, 6.45) is 3.75. The molecule has 0 amide bonds. The largest absolute Gasteiger partial charge is 0.480 e. The zero-order valence-corrected chi connectivity index (χ0v) is 11.1. The molecule has 0 aromatic heterocycles. The minimum atomic E-state index is -0.721. The number of hydrogen-bond acceptors (Lipinski definition) is 2. The van der Waals surface area contributed by atoms with Gasteiger partial charge in [0.05, 0.1) is 0 Å². The SMILES string of the molecule is Cc1cccc(C)c1CC1CCCC(C(=O)O)N1. The number of benzene rings is 1. The maximum absolute atomic E-state index is 11.0. The van der Waals surface area contributed by atoms with Crippen LogP contribution in [-0.2, 0) is 11.2 Å². The Morgan fingerprint density at radius 3 is 2.61 bits per heavy atom. The van der Waals surface area contributed by atoms with Crippen molar-refractivity contribution in [3.63, 3.8) is 0 Å². The average Bonchev–Trinajstić information content (AvgIpc) is 2.34. The third-order valence-corrected chi connectivity index (χ3v) is 3.88. The van der Waals surface area contributed by atoms with Crippen molar-refractivity contribution < 1.29 is 9.90 Å². The van der Waals surface area contributed by atoms with Gasteiger partial charge in [0.1, 0.15) is 6.04 Å². The lowest BCUT2D eigenvalue weighted by Crippen LogP contribution is -2.47. The third kappa shape index (κ3) is 2.91. The van der Waals surface area contributed by atoms with Crippen LogP contribution >= 0.6 is 0 Å². The maximum atomic E-state index is 11.0. The molecule has 0 saturated carbocycles. The Bertz CT molecular complexity index is 422. The van der Waals surface area contributed by atoms with Crippen molar-refractivity contribution in [2.24, 2.45) is 0 Å². The number of carboxylic acids is 1. The Balaban J connectivity index is 2.07. The fraction of sp³-hybridized carbons (Fsp3) is 0.533. The number of hydrogen-bond donors (Lipinski definition) is 2. The number of rotatable bonds is 3. The number of carboxylic acid groups (broad SMARTS) is 1. The van der Waals surface area contributed by atoms with Gasteiger partial charge in [-0.1, -0.05) is 18.2 Å². The molecule has 0 radical (unpaired) electrons. The van der Waals surface area contributed by atoms with Gasteiger partial charge in [0.15, 0.2) is 0 Å². The fourth-order valence-electron chi connectivity index (χ4n) is 2.79. The van der Waals surface area contributed by atoms with Crippen molar-refractivity contribution in [2.45, 2.75) is 51.6 Å². The normalized spacial score (nSPS) is 23.9. The van der Waals surface area contributed by atoms with Gasteiger partial charge < -0.3 is 10.4 Å². The van der Waals surface area contributed by atoms with Crippen LogP contribution in [0.4, 0.5) is 0 Å². The van der Waals surface area contributed by atoms with E-state index in [9.17, 15) is 4.79 Å². The quantitative estimate of drug-likeness (QED) is 0.862. The summed E-state index contributed by atoms with van der Waals surface area (Å²) in [4.78, 5) is 11.0. The fourth-order valence-corrected chi connectivity index (χ4v) is 2.79. The zero-order valence-electron chi connectivity index (χ0n) is 11.1. The molecular formula is C15H21NO2. The summed E-state index contributed by atoms with van der Waals surface area (Å²) in [6.45, 7) is 4.25. The van der Waals surface area contributed by atoms with Crippen molar-refractivity contribution in [1.29, 1.82) is 0 Å². The molecule has 0 bridgehead atoms. The number of piperidine rings is 1. The van der Waals surface area contributed by atoms with E-state index in [1.54, 1.807) is 0 Å². The first-order chi connectivity index (χ1) is 8.58. The molecule has 2 rings (SSSR count). The van der Waals surface area contributed by atoms with E-state index in [-0.39, 0.29) is 6.04 Å². The Labute approximate surface area is 108 Å². The van der Waals surface area contributed by atoms with Crippen LogP contribution in [0, 0.1) is 13.8 Å². The number of aryl methyl sites for hydroxylation is 2. The van der Waals surface area contributed by atoms with E-state index >= 15 is 0 Å². The topological polar surface area (TPSA) is 49.3 Å². The maximum Gasteiger partial charge on any atom is 0.320 e. The van der Waals surface area contributed by atoms with E-state index in [1.807, 2.05) is 0 Å². The Hall–Kier alpha value is -1.35. The van der Waals surface area contributed by atoms with Crippen LogP contribution in [0.3, 0.4) is 0 Å². The molecule has 2 N–H and O–H groups in total. The van der Waals surface area contributed by atoms with Gasteiger partial charge in [0, 0.05) is 6.04 Å². The van der Waals surface area contributed by atoms with Crippen LogP contribution in [0.1, 0.15) is 36.0 Å². The molecule has 1 aliphatic rings. The van der Waals surface area contributed by atoms with E-state index in [1.165, 1.54) is 16.7 Å². The van der Waals surface area contributed by atoms with E-state index in [4.69, 9.17) is 5.11 Å². The lowest BCUT2D eigenvalue weighted by molar-refractivity contribution is -0.140. The van der Waals surface area contributed by atoms with Crippen LogP contribution in [0.25, 0.3) is 0 Å². The second-order valence-electron chi connectivity index (χ2n) is 5.26. The molecule has 3 nitrogen and oxygen atoms in total. The van der Waals surface area contributed by atoms with Crippen molar-refractivity contribution in [3.05, 3.63) is 34.9 Å². The summed E-state index contributed by atoms with van der Waals surface area (Å²) in [7, 11) is 0. The van der Waals surface area contributed by atoms with Crippen molar-refractivity contribution in [1.82, 2.24) is 5.32 Å². The molecule has 1 aliphatic heterocycles. The molecule has 1 fully saturated rings. The third-order valence-electron chi connectivity index (χ3n) is 3.88. The molecule has 18 heavy (non-hydrogen) atoms. The number of carbonyl (C=O) groups is 1. The molecule has 3 heteroatoms. The van der Waals surface area contributed by atoms with Crippen LogP contribution in [0.2, 0.25) is 0 Å². The molecule has 0 spiro atoms. The van der Waals surface area contributed by atoms with Gasteiger partial charge in [0.25, 0.3) is 0 Å². The van der Waals surface area contributed by atoms with Crippen LogP contribution in [0.5, 0.6) is 0 Å². The Morgan fingerprint density at radius 1 is 1.33 bits per heavy atom. The summed E-state index contributed by atoms with van der Waals surface area (Å²) in [5.41, 5.74) is 3.96. The van der Waals surface area contributed by atoms with Crippen molar-refractivity contribution >= 4 is 5.97 Å². The van der Waals surface area contributed by atoms with E-state index in [0.29, 0.717) is 6.04 Å². The van der Waals surface area contributed by atoms with Gasteiger partial charge in [-0.15, -0.1) is 0 Å². The second kappa shape index (κ2) is 5.53. The highest BCUT2D eigenvalue weighted by Gasteiger charge is 2.26. The highest BCUT2D eigenvalue weighted by Crippen LogP contribution is 2.20. The lowest BCUT2D eigenvalue weighted by atomic mass is 9.90. The molecule has 2 atom stereocenters. The van der Waals surface area contributed by atoms with Crippen LogP contribution in [-0.4, -0.2) is 23.2 Å². The summed E-state index contributed by atoms with van der Waals surface area (Å²) < 4.78 is 0. The summed E-state index contributed by atoms with van der Waals surface area (Å²) in [5, 5.41) is 12.3. The van der Waals surface area contributed by atoms with Gasteiger partial charge in [-0.25, -0.2) is 0 Å². The first-order valence-electron chi connectivity index (χ1n) is 6.62. The van der Waals surface area contributed by atoms with E-state index < -0.39 is 5.97 Å². The second-order valence-corrected chi connectivity index (χ2v) is 5.26. The van der Waals surface area contributed by atoms with Crippen LogP contribution < -0.4 is 5.32 Å². The average molecular weight is 247 g/mol. The Morgan fingerprint density at radius 2 is 2.00 bits per heavy atom. The highest BCUT2D eigenvalue weighted by atomic mass is 16.4. The highest BCUT2D eigenvalue weighted by molar-refractivity contribution is 5.73. The molecule has 98 valence electrons. The number of aliphatic carboxylic acids is 1. The smallest absolute Gasteiger partial charge is 0.320 e. The molecule has 1 saturated heterocycles. The van der Waals surface area contributed by atoms with Crippen molar-refractivity contribution in [3.8, 4) is 0 Å². The van der Waals surface area contributed by atoms with E-state index in [0.717, 1.165) is 25.7 Å². The van der Waals surface area contributed by atoms with E-state index in [2.05, 4.69) is 37.4 Å². The molecule has 1 aromatic rings. The minimum Gasteiger partial charge on any atom is -0.480 e. The molecule has 0 aliphatic carbocycles. The van der Waals surface area contributed by atoms with Gasteiger partial charge in [-0.2, -0.15) is 0 Å². The first kappa shape index (κ1) is 13.1. The first-order valence-corrected chi connectivity index (χ1v) is 6.62. The lowest BCUT2D eigenvalue weighted by Gasteiger charge is -2.29. The minimum absolute atomic E-state index is 0.291. The molecule has 1 heterocycles. The van der Waals surface area contributed by atoms with Gasteiger partial charge in [-0.3, -0.25) is 4.79 Å². The van der Waals surface area contributed by atoms with Gasteiger partial charge >= 0.3 is 5.97 Å². The predicted molar refractivity (Wildman–Crippen MR) is 71.8 cm³/mol. The zero-order chi connectivity index (χ0) is 13.1. The standard InChI is InChI=1S/C15H21NO2/c1-10-5-3-6-11(2)13(10)9-12-7-4-8-14(16-12)15(17)18/h3,5-6,12,14,16H,4,7-9H2,1-2H3,(H,17,18). The summed E-state index contributed by atoms with van der Waals surface area (Å²) >= 11 is 0. The molecular weight excluding hydrogens is 226 g/mol. The summed E-state index contributed by atoms with van der Waals surface area (Å²) in [5.74, 6) is -0.721. The molecule has 1 aromatic carbocycles. The number of nitrogens with one attached hydrogen (secondary N) is 1. The van der Waals surface area contributed by atoms with Gasteiger partial charge in [0.2, 0.25) is 0 Å². The van der Waals surface area contributed by atoms with Gasteiger partial charge in [-0.05, 0) is 56.2 Å². The Kier molecular flexibility index (Phi) is 4.02.